The smallest absolute Gasteiger partial charge is 0.262 e. The minimum absolute atomic E-state index is 0.114. The summed E-state index contributed by atoms with van der Waals surface area (Å²) in [5.41, 5.74) is 7.89. The van der Waals surface area contributed by atoms with E-state index in [9.17, 15) is 19.2 Å². The van der Waals surface area contributed by atoms with Crippen LogP contribution in [0.3, 0.4) is 0 Å². The molecule has 2 saturated heterocycles. The van der Waals surface area contributed by atoms with Crippen LogP contribution in [0.4, 0.5) is 5.69 Å². The molecule has 1 aromatic carbocycles. The maximum atomic E-state index is 13.0. The quantitative estimate of drug-likeness (QED) is 0.716. The molecule has 3 aliphatic heterocycles. The van der Waals surface area contributed by atoms with E-state index in [0.29, 0.717) is 17.0 Å². The van der Waals surface area contributed by atoms with E-state index in [1.165, 1.54) is 0 Å². The fourth-order valence-corrected chi connectivity index (χ4v) is 5.19. The van der Waals surface area contributed by atoms with Gasteiger partial charge in [-0.2, -0.15) is 0 Å². The Morgan fingerprint density at radius 2 is 1.86 bits per heavy atom. The molecule has 3 atom stereocenters. The molecule has 3 fully saturated rings. The van der Waals surface area contributed by atoms with E-state index in [0.717, 1.165) is 42.9 Å². The van der Waals surface area contributed by atoms with Crippen molar-refractivity contribution in [2.24, 2.45) is 11.7 Å². The third kappa shape index (κ3) is 2.40. The lowest BCUT2D eigenvalue weighted by molar-refractivity contribution is -0.136. The van der Waals surface area contributed by atoms with Crippen molar-refractivity contribution in [1.29, 1.82) is 0 Å². The number of anilines is 1. The SMILES string of the molecule is NC12CCCC1CN(c1ccc3c(c1)C(=O)N(C1CCC(=O)NC1=O)C3=O)C2. The van der Waals surface area contributed by atoms with Crippen molar-refractivity contribution in [1.82, 2.24) is 10.2 Å². The highest BCUT2D eigenvalue weighted by atomic mass is 16.2. The number of fused-ring (bicyclic) bond motifs is 2. The van der Waals surface area contributed by atoms with Crippen molar-refractivity contribution in [3.63, 3.8) is 0 Å². The van der Waals surface area contributed by atoms with Gasteiger partial charge in [0.2, 0.25) is 11.8 Å². The van der Waals surface area contributed by atoms with E-state index < -0.39 is 23.8 Å². The van der Waals surface area contributed by atoms with E-state index in [4.69, 9.17) is 5.73 Å². The molecule has 8 heteroatoms. The number of carbonyl (C=O) groups is 4. The number of rotatable bonds is 2. The van der Waals surface area contributed by atoms with Gasteiger partial charge < -0.3 is 10.6 Å². The molecule has 3 unspecified atom stereocenters. The Morgan fingerprint density at radius 3 is 2.61 bits per heavy atom. The molecular formula is C20H22N4O4. The van der Waals surface area contributed by atoms with Gasteiger partial charge in [-0.15, -0.1) is 0 Å². The van der Waals surface area contributed by atoms with E-state index in [2.05, 4.69) is 10.2 Å². The summed E-state index contributed by atoms with van der Waals surface area (Å²) >= 11 is 0. The van der Waals surface area contributed by atoms with Crippen LogP contribution in [-0.4, -0.2) is 53.2 Å². The van der Waals surface area contributed by atoms with Crippen molar-refractivity contribution in [3.05, 3.63) is 29.3 Å². The number of hydrogen-bond donors (Lipinski definition) is 2. The number of imide groups is 2. The van der Waals surface area contributed by atoms with Crippen LogP contribution >= 0.6 is 0 Å². The Balaban J connectivity index is 1.42. The second-order valence-corrected chi connectivity index (χ2v) is 8.38. The van der Waals surface area contributed by atoms with Crippen molar-refractivity contribution in [3.8, 4) is 0 Å². The Hall–Kier alpha value is -2.74. The van der Waals surface area contributed by atoms with Crippen molar-refractivity contribution in [2.75, 3.05) is 18.0 Å². The van der Waals surface area contributed by atoms with Crippen molar-refractivity contribution < 1.29 is 19.2 Å². The van der Waals surface area contributed by atoms with Crippen LogP contribution in [0, 0.1) is 5.92 Å². The zero-order valence-corrected chi connectivity index (χ0v) is 15.4. The van der Waals surface area contributed by atoms with Gasteiger partial charge in [0, 0.05) is 30.7 Å². The Bertz CT molecular complexity index is 929. The summed E-state index contributed by atoms with van der Waals surface area (Å²) in [6.07, 6.45) is 3.57. The maximum absolute atomic E-state index is 13.0. The van der Waals surface area contributed by atoms with Gasteiger partial charge in [0.1, 0.15) is 6.04 Å². The number of nitrogens with one attached hydrogen (secondary N) is 1. The minimum Gasteiger partial charge on any atom is -0.369 e. The molecule has 0 radical (unpaired) electrons. The second kappa shape index (κ2) is 5.88. The van der Waals surface area contributed by atoms with Crippen LogP contribution in [0.5, 0.6) is 0 Å². The summed E-state index contributed by atoms with van der Waals surface area (Å²) in [6.45, 7) is 1.60. The lowest BCUT2D eigenvalue weighted by Gasteiger charge is -2.27. The molecule has 1 saturated carbocycles. The van der Waals surface area contributed by atoms with Gasteiger partial charge in [-0.3, -0.25) is 29.4 Å². The first-order valence-corrected chi connectivity index (χ1v) is 9.77. The number of nitrogens with zero attached hydrogens (tertiary/aromatic N) is 2. The number of benzene rings is 1. The highest BCUT2D eigenvalue weighted by Gasteiger charge is 2.48. The van der Waals surface area contributed by atoms with Crippen LogP contribution in [0.25, 0.3) is 0 Å². The number of piperidine rings is 1. The molecule has 5 rings (SSSR count). The molecule has 1 aromatic rings. The van der Waals surface area contributed by atoms with Crippen LogP contribution in [0.15, 0.2) is 18.2 Å². The molecule has 28 heavy (non-hydrogen) atoms. The zero-order valence-electron chi connectivity index (χ0n) is 15.4. The van der Waals surface area contributed by atoms with Gasteiger partial charge in [0.25, 0.3) is 11.8 Å². The van der Waals surface area contributed by atoms with Crippen molar-refractivity contribution in [2.45, 2.75) is 43.7 Å². The molecule has 4 aliphatic rings. The topological polar surface area (TPSA) is 113 Å². The average Bonchev–Trinajstić information content (AvgIpc) is 3.24. The molecule has 0 spiro atoms. The summed E-state index contributed by atoms with van der Waals surface area (Å²) in [5, 5.41) is 2.21. The van der Waals surface area contributed by atoms with Crippen LogP contribution in [-0.2, 0) is 9.59 Å². The normalized spacial score (nSPS) is 32.0. The summed E-state index contributed by atoms with van der Waals surface area (Å²) < 4.78 is 0. The van der Waals surface area contributed by atoms with E-state index in [1.54, 1.807) is 12.1 Å². The first-order chi connectivity index (χ1) is 13.4. The minimum atomic E-state index is -0.938. The molecule has 146 valence electrons. The van der Waals surface area contributed by atoms with Gasteiger partial charge in [0.15, 0.2) is 0 Å². The fraction of sp³-hybridized carbons (Fsp3) is 0.500. The molecule has 0 bridgehead atoms. The average molecular weight is 382 g/mol. The summed E-state index contributed by atoms with van der Waals surface area (Å²) in [6, 6.07) is 4.31. The van der Waals surface area contributed by atoms with Gasteiger partial charge in [-0.1, -0.05) is 6.42 Å². The lowest BCUT2D eigenvalue weighted by Crippen LogP contribution is -2.54. The molecule has 0 aromatic heterocycles. The van der Waals surface area contributed by atoms with E-state index in [1.807, 2.05) is 6.07 Å². The van der Waals surface area contributed by atoms with Gasteiger partial charge in [-0.05, 0) is 43.4 Å². The highest BCUT2D eigenvalue weighted by molar-refractivity contribution is 6.23. The first-order valence-electron chi connectivity index (χ1n) is 9.77. The van der Waals surface area contributed by atoms with Crippen LogP contribution in [0.2, 0.25) is 0 Å². The summed E-state index contributed by atoms with van der Waals surface area (Å²) in [7, 11) is 0. The largest absolute Gasteiger partial charge is 0.369 e. The van der Waals surface area contributed by atoms with Crippen molar-refractivity contribution >= 4 is 29.3 Å². The fourth-order valence-electron chi connectivity index (χ4n) is 5.19. The molecule has 8 nitrogen and oxygen atoms in total. The van der Waals surface area contributed by atoms with Crippen LogP contribution in [0.1, 0.15) is 52.8 Å². The third-order valence-electron chi connectivity index (χ3n) is 6.72. The number of nitrogens with two attached hydrogens (primary N) is 1. The summed E-state index contributed by atoms with van der Waals surface area (Å²) in [4.78, 5) is 52.5. The number of hydrogen-bond acceptors (Lipinski definition) is 6. The second-order valence-electron chi connectivity index (χ2n) is 8.38. The van der Waals surface area contributed by atoms with Gasteiger partial charge in [-0.25, -0.2) is 0 Å². The Morgan fingerprint density at radius 1 is 1.07 bits per heavy atom. The molecular weight excluding hydrogens is 360 g/mol. The van der Waals surface area contributed by atoms with Crippen LogP contribution < -0.4 is 16.0 Å². The zero-order chi connectivity index (χ0) is 19.6. The Kier molecular flexibility index (Phi) is 3.64. The molecule has 3 heterocycles. The van der Waals surface area contributed by atoms with Gasteiger partial charge in [0.05, 0.1) is 11.1 Å². The highest BCUT2D eigenvalue weighted by Crippen LogP contribution is 2.42. The molecule has 3 N–H and O–H groups in total. The monoisotopic (exact) mass is 382 g/mol. The first kappa shape index (κ1) is 17.4. The lowest BCUT2D eigenvalue weighted by atomic mass is 9.92. The third-order valence-corrected chi connectivity index (χ3v) is 6.72. The predicted octanol–water partition coefficient (Wildman–Crippen LogP) is 0.405. The van der Waals surface area contributed by atoms with E-state index in [-0.39, 0.29) is 24.3 Å². The Labute approximate surface area is 162 Å². The predicted molar refractivity (Wildman–Crippen MR) is 99.6 cm³/mol. The molecule has 4 amide bonds. The maximum Gasteiger partial charge on any atom is 0.262 e. The van der Waals surface area contributed by atoms with E-state index >= 15 is 0 Å². The summed E-state index contributed by atoms with van der Waals surface area (Å²) in [5.74, 6) is -1.47. The standard InChI is InChI=1S/C20H22N4O4/c21-20-7-1-2-11(20)9-23(10-20)12-3-4-13-14(8-12)19(28)24(18(13)27)15-5-6-16(25)22-17(15)26/h3-4,8,11,15H,1-2,5-7,9-10,21H2,(H,22,25,26). The van der Waals surface area contributed by atoms with Gasteiger partial charge >= 0.3 is 0 Å². The number of carbonyl (C=O) groups excluding carboxylic acids is 4. The molecule has 1 aliphatic carbocycles. The number of amides is 4.